The van der Waals surface area contributed by atoms with E-state index in [1.165, 1.54) is 20.7 Å². The van der Waals surface area contributed by atoms with Crippen molar-refractivity contribution in [3.8, 4) is 0 Å². The van der Waals surface area contributed by atoms with Crippen molar-refractivity contribution in [3.05, 3.63) is 65.2 Å². The van der Waals surface area contributed by atoms with Crippen LogP contribution in [0.3, 0.4) is 0 Å². The lowest BCUT2D eigenvalue weighted by atomic mass is 9.95. The fraction of sp³-hybridized carbons (Fsp3) is 0.421. The van der Waals surface area contributed by atoms with Gasteiger partial charge < -0.3 is 0 Å². The highest BCUT2D eigenvalue weighted by Crippen LogP contribution is 2.28. The molecule has 2 aromatic rings. The Hall–Kier alpha value is -1.83. The maximum absolute atomic E-state index is 13.4. The number of benzene rings is 1. The van der Waals surface area contributed by atoms with Gasteiger partial charge in [0, 0.05) is 50.9 Å². The molecular weight excluding hydrogens is 353 g/mol. The molecule has 0 aliphatic carbocycles. The van der Waals surface area contributed by atoms with Crippen molar-refractivity contribution in [2.24, 2.45) is 0 Å². The van der Waals surface area contributed by atoms with Gasteiger partial charge in [0.2, 0.25) is 0 Å². The summed E-state index contributed by atoms with van der Waals surface area (Å²) in [7, 11) is -0.302. The summed E-state index contributed by atoms with van der Waals surface area (Å²) in [5.41, 5.74) is 2.63. The molecule has 0 bridgehead atoms. The summed E-state index contributed by atoms with van der Waals surface area (Å²) < 4.78 is 41.0. The van der Waals surface area contributed by atoms with Gasteiger partial charge in [0.15, 0.2) is 0 Å². The van der Waals surface area contributed by atoms with Gasteiger partial charge in [0.05, 0.1) is 0 Å². The third-order valence-corrected chi connectivity index (χ3v) is 6.60. The van der Waals surface area contributed by atoms with Crippen LogP contribution in [0.5, 0.6) is 0 Å². The monoisotopic (exact) mass is 377 g/mol. The smallest absolute Gasteiger partial charge is 0.257 e. The quantitative estimate of drug-likeness (QED) is 0.805. The molecule has 1 atom stereocenters. The van der Waals surface area contributed by atoms with Crippen LogP contribution in [0, 0.1) is 5.82 Å². The first-order chi connectivity index (χ1) is 12.4. The largest absolute Gasteiger partial charge is 0.281 e. The molecular formula is C19H24FN3O2S. The first kappa shape index (κ1) is 18.9. The molecule has 0 amide bonds. The Kier molecular flexibility index (Phi) is 5.70. The van der Waals surface area contributed by atoms with Crippen molar-refractivity contribution in [2.75, 3.05) is 27.2 Å². The van der Waals surface area contributed by atoms with Gasteiger partial charge in [-0.2, -0.15) is 17.0 Å². The average molecular weight is 377 g/mol. The molecule has 1 aromatic carbocycles. The van der Waals surface area contributed by atoms with Crippen molar-refractivity contribution in [2.45, 2.75) is 25.2 Å². The number of hydrogen-bond acceptors (Lipinski definition) is 3. The number of nitrogens with zero attached hydrogens (tertiary/aromatic N) is 3. The van der Waals surface area contributed by atoms with Gasteiger partial charge in [-0.1, -0.05) is 18.2 Å². The number of pyridine rings is 1. The van der Waals surface area contributed by atoms with E-state index < -0.39 is 10.2 Å². The van der Waals surface area contributed by atoms with E-state index in [-0.39, 0.29) is 11.7 Å². The minimum absolute atomic E-state index is 0.0749. The van der Waals surface area contributed by atoms with E-state index in [9.17, 15) is 12.8 Å². The fourth-order valence-corrected chi connectivity index (χ4v) is 4.49. The molecule has 0 N–H and O–H groups in total. The Morgan fingerprint density at radius 1 is 1.23 bits per heavy atom. The lowest BCUT2D eigenvalue weighted by Crippen LogP contribution is -2.45. The van der Waals surface area contributed by atoms with Crippen LogP contribution < -0.4 is 0 Å². The van der Waals surface area contributed by atoms with Crippen molar-refractivity contribution < 1.29 is 12.8 Å². The van der Waals surface area contributed by atoms with Crippen LogP contribution in [0.25, 0.3) is 0 Å². The second-order valence-electron chi connectivity index (χ2n) is 6.85. The van der Waals surface area contributed by atoms with Crippen LogP contribution in [0.1, 0.15) is 35.7 Å². The predicted octanol–water partition coefficient (Wildman–Crippen LogP) is 2.80. The van der Waals surface area contributed by atoms with Crippen molar-refractivity contribution in [1.82, 2.24) is 13.6 Å². The first-order valence-electron chi connectivity index (χ1n) is 8.74. The molecule has 0 radical (unpaired) electrons. The zero-order valence-electron chi connectivity index (χ0n) is 15.1. The number of rotatable bonds is 5. The van der Waals surface area contributed by atoms with Crippen LogP contribution in [0.2, 0.25) is 0 Å². The molecule has 1 aliphatic heterocycles. The summed E-state index contributed by atoms with van der Waals surface area (Å²) in [6.07, 6.45) is 2.28. The van der Waals surface area contributed by atoms with Gasteiger partial charge in [-0.05, 0) is 42.7 Å². The molecule has 7 heteroatoms. The summed E-state index contributed by atoms with van der Waals surface area (Å²) in [6, 6.07) is 12.3. The Labute approximate surface area is 154 Å². The maximum Gasteiger partial charge on any atom is 0.281 e. The molecule has 1 fully saturated rings. The summed E-state index contributed by atoms with van der Waals surface area (Å²) in [5, 5.41) is 0. The van der Waals surface area contributed by atoms with Crippen LogP contribution in [0.4, 0.5) is 4.39 Å². The molecule has 0 unspecified atom stereocenters. The predicted molar refractivity (Wildman–Crippen MR) is 99.6 cm³/mol. The van der Waals surface area contributed by atoms with Crippen LogP contribution in [0.15, 0.2) is 42.5 Å². The van der Waals surface area contributed by atoms with E-state index >= 15 is 0 Å². The van der Waals surface area contributed by atoms with E-state index in [2.05, 4.69) is 0 Å². The number of aromatic nitrogens is 1. The molecule has 2 heterocycles. The maximum atomic E-state index is 13.4. The number of hydrogen-bond donors (Lipinski definition) is 0. The highest BCUT2D eigenvalue weighted by Gasteiger charge is 2.31. The minimum atomic E-state index is -3.41. The normalized spacial score (nSPS) is 19.0. The van der Waals surface area contributed by atoms with Gasteiger partial charge in [-0.3, -0.25) is 4.98 Å². The van der Waals surface area contributed by atoms with Gasteiger partial charge >= 0.3 is 0 Å². The Balaban J connectivity index is 1.77. The number of halogens is 1. The molecule has 3 rings (SSSR count). The third kappa shape index (κ3) is 4.28. The second-order valence-corrected chi connectivity index (χ2v) is 8.99. The molecule has 1 aliphatic rings. The summed E-state index contributed by atoms with van der Waals surface area (Å²) in [5.74, 6) is -0.179. The average Bonchev–Trinajstić information content (AvgIpc) is 2.62. The van der Waals surface area contributed by atoms with Crippen molar-refractivity contribution in [1.29, 1.82) is 0 Å². The topological polar surface area (TPSA) is 53.5 Å². The van der Waals surface area contributed by atoms with Gasteiger partial charge in [-0.25, -0.2) is 4.39 Å². The van der Waals surface area contributed by atoms with E-state index in [0.717, 1.165) is 29.8 Å². The SMILES string of the molecule is CN(C)S(=O)(=O)N1CCC[C@H](c2cccc(Cc3cccc(F)c3)n2)C1. The molecule has 1 saturated heterocycles. The zero-order chi connectivity index (χ0) is 18.7. The van der Waals surface area contributed by atoms with Crippen molar-refractivity contribution in [3.63, 3.8) is 0 Å². The standard InChI is InChI=1S/C19H24FN3O2S/c1-22(2)26(24,25)23-11-5-7-16(14-23)19-10-4-9-18(21-19)13-15-6-3-8-17(20)12-15/h3-4,6,8-10,12,16H,5,7,11,13-14H2,1-2H3/t16-/m0/s1. The second kappa shape index (κ2) is 7.82. The van der Waals surface area contributed by atoms with Gasteiger partial charge in [-0.15, -0.1) is 0 Å². The minimum Gasteiger partial charge on any atom is -0.257 e. The Bertz CT molecular complexity index is 871. The highest BCUT2D eigenvalue weighted by atomic mass is 32.2. The van der Waals surface area contributed by atoms with E-state index in [1.807, 2.05) is 24.3 Å². The van der Waals surface area contributed by atoms with Crippen LogP contribution >= 0.6 is 0 Å². The summed E-state index contributed by atoms with van der Waals surface area (Å²) >= 11 is 0. The van der Waals surface area contributed by atoms with Crippen molar-refractivity contribution >= 4 is 10.2 Å². The number of piperidine rings is 1. The van der Waals surface area contributed by atoms with Gasteiger partial charge in [0.25, 0.3) is 10.2 Å². The molecule has 0 saturated carbocycles. The third-order valence-electron chi connectivity index (χ3n) is 4.69. The van der Waals surface area contributed by atoms with Gasteiger partial charge in [0.1, 0.15) is 5.82 Å². The molecule has 0 spiro atoms. The van der Waals surface area contributed by atoms with E-state index in [0.29, 0.717) is 19.5 Å². The molecule has 140 valence electrons. The van der Waals surface area contributed by atoms with E-state index in [4.69, 9.17) is 4.98 Å². The highest BCUT2D eigenvalue weighted by molar-refractivity contribution is 7.86. The Morgan fingerprint density at radius 2 is 2.00 bits per heavy atom. The zero-order valence-corrected chi connectivity index (χ0v) is 15.9. The molecule has 1 aromatic heterocycles. The lowest BCUT2D eigenvalue weighted by molar-refractivity contribution is 0.296. The molecule has 5 nitrogen and oxygen atoms in total. The lowest BCUT2D eigenvalue weighted by Gasteiger charge is -2.33. The molecule has 26 heavy (non-hydrogen) atoms. The Morgan fingerprint density at radius 3 is 2.73 bits per heavy atom. The summed E-state index contributed by atoms with van der Waals surface area (Å²) in [6.45, 7) is 0.983. The summed E-state index contributed by atoms with van der Waals surface area (Å²) in [4.78, 5) is 4.73. The fourth-order valence-electron chi connectivity index (χ4n) is 3.30. The van der Waals surface area contributed by atoms with Crippen LogP contribution in [-0.2, 0) is 16.6 Å². The first-order valence-corrected chi connectivity index (χ1v) is 10.1. The van der Waals surface area contributed by atoms with Crippen LogP contribution in [-0.4, -0.2) is 49.2 Å². The van der Waals surface area contributed by atoms with E-state index in [1.54, 1.807) is 20.2 Å².